The Bertz CT molecular complexity index is 702. The number of hydrogen-bond donors (Lipinski definition) is 1. The van der Waals surface area contributed by atoms with E-state index in [-0.39, 0.29) is 18.0 Å². The lowest BCUT2D eigenvalue weighted by Gasteiger charge is -2.28. The van der Waals surface area contributed by atoms with Crippen molar-refractivity contribution in [1.82, 2.24) is 14.9 Å². The summed E-state index contributed by atoms with van der Waals surface area (Å²) in [4.78, 5) is 26.6. The van der Waals surface area contributed by atoms with Crippen LogP contribution in [0.3, 0.4) is 0 Å². The third-order valence-corrected chi connectivity index (χ3v) is 5.41. The van der Waals surface area contributed by atoms with Gasteiger partial charge in [0.2, 0.25) is 5.91 Å². The van der Waals surface area contributed by atoms with E-state index in [9.17, 15) is 4.79 Å². The zero-order valence-corrected chi connectivity index (χ0v) is 13.1. The highest BCUT2D eigenvalue weighted by Gasteiger charge is 2.37. The molecule has 0 bridgehead atoms. The number of fused-ring (bicyclic) bond motifs is 1. The van der Waals surface area contributed by atoms with Crippen molar-refractivity contribution < 1.29 is 4.79 Å². The van der Waals surface area contributed by atoms with Crippen LogP contribution in [0.5, 0.6) is 0 Å². The van der Waals surface area contributed by atoms with E-state index >= 15 is 0 Å². The average Bonchev–Trinajstić information content (AvgIpc) is 3.25. The highest BCUT2D eigenvalue weighted by atomic mass is 32.1. The van der Waals surface area contributed by atoms with E-state index in [1.165, 1.54) is 0 Å². The van der Waals surface area contributed by atoms with Crippen LogP contribution in [0.4, 0.5) is 5.82 Å². The van der Waals surface area contributed by atoms with E-state index in [0.717, 1.165) is 48.4 Å². The van der Waals surface area contributed by atoms with Gasteiger partial charge in [-0.25, -0.2) is 9.97 Å². The van der Waals surface area contributed by atoms with Gasteiger partial charge in [-0.15, -0.1) is 11.3 Å². The van der Waals surface area contributed by atoms with E-state index in [0.29, 0.717) is 6.54 Å². The number of amides is 1. The third-order valence-electron chi connectivity index (χ3n) is 4.59. The molecule has 2 aromatic rings. The van der Waals surface area contributed by atoms with E-state index < -0.39 is 0 Å². The summed E-state index contributed by atoms with van der Waals surface area (Å²) in [6.07, 6.45) is 4.41. The van der Waals surface area contributed by atoms with Crippen molar-refractivity contribution in [1.29, 1.82) is 0 Å². The Morgan fingerprint density at radius 2 is 2.23 bits per heavy atom. The van der Waals surface area contributed by atoms with Gasteiger partial charge in [0, 0.05) is 25.7 Å². The van der Waals surface area contributed by atoms with E-state index in [4.69, 9.17) is 5.73 Å². The van der Waals surface area contributed by atoms with Crippen LogP contribution < -0.4 is 10.6 Å². The normalized spacial score (nSPS) is 25.3. The minimum atomic E-state index is -0.108. The molecular formula is C15H19N5OS. The number of rotatable bonds is 2. The summed E-state index contributed by atoms with van der Waals surface area (Å²) in [7, 11) is 0. The second kappa shape index (κ2) is 5.48. The number of carbonyl (C=O) groups excluding carboxylic acids is 1. The molecule has 1 unspecified atom stereocenters. The summed E-state index contributed by atoms with van der Waals surface area (Å²) in [5.74, 6) is 1.10. The lowest BCUT2D eigenvalue weighted by atomic mass is 10.2. The van der Waals surface area contributed by atoms with Gasteiger partial charge in [0.25, 0.3) is 0 Å². The second-order valence-corrected chi connectivity index (χ2v) is 6.92. The highest BCUT2D eigenvalue weighted by Crippen LogP contribution is 2.32. The molecular weight excluding hydrogens is 298 g/mol. The maximum atomic E-state index is 12.8. The summed E-state index contributed by atoms with van der Waals surface area (Å²) in [6, 6.07) is 2.06. The van der Waals surface area contributed by atoms with E-state index in [1.54, 1.807) is 17.7 Å². The molecule has 4 rings (SSSR count). The molecule has 2 N–H and O–H groups in total. The summed E-state index contributed by atoms with van der Waals surface area (Å²) in [5.41, 5.74) is 5.94. The third kappa shape index (κ3) is 2.24. The maximum absolute atomic E-state index is 12.8. The molecule has 0 saturated carbocycles. The van der Waals surface area contributed by atoms with Crippen molar-refractivity contribution in [2.24, 2.45) is 5.73 Å². The van der Waals surface area contributed by atoms with Crippen molar-refractivity contribution in [2.75, 3.05) is 24.5 Å². The molecule has 1 amide bonds. The number of hydrogen-bond acceptors (Lipinski definition) is 6. The predicted octanol–water partition coefficient (Wildman–Crippen LogP) is 1.22. The molecule has 4 heterocycles. The summed E-state index contributed by atoms with van der Waals surface area (Å²) >= 11 is 1.61. The topological polar surface area (TPSA) is 75.3 Å². The number of anilines is 1. The van der Waals surface area contributed by atoms with Crippen LogP contribution >= 0.6 is 11.3 Å². The molecule has 2 aliphatic rings. The molecule has 0 spiro atoms. The number of likely N-dealkylation sites (tertiary alicyclic amines) is 1. The average molecular weight is 317 g/mol. The Morgan fingerprint density at radius 3 is 3.05 bits per heavy atom. The molecule has 0 radical (unpaired) electrons. The molecule has 6 nitrogen and oxygen atoms in total. The van der Waals surface area contributed by atoms with E-state index in [1.807, 2.05) is 16.3 Å². The molecule has 2 atom stereocenters. The van der Waals surface area contributed by atoms with Crippen LogP contribution in [-0.4, -0.2) is 52.5 Å². The number of aromatic nitrogens is 2. The Labute approximate surface area is 132 Å². The quantitative estimate of drug-likeness (QED) is 0.901. The summed E-state index contributed by atoms with van der Waals surface area (Å²) < 4.78 is 0. The van der Waals surface area contributed by atoms with E-state index in [2.05, 4.69) is 14.9 Å². The van der Waals surface area contributed by atoms with Gasteiger partial charge in [0.1, 0.15) is 23.0 Å². The molecule has 116 valence electrons. The highest BCUT2D eigenvalue weighted by molar-refractivity contribution is 7.16. The minimum absolute atomic E-state index is 0.108. The molecule has 0 aromatic carbocycles. The monoisotopic (exact) mass is 317 g/mol. The Morgan fingerprint density at radius 1 is 1.32 bits per heavy atom. The molecule has 7 heteroatoms. The number of thiophene rings is 1. The van der Waals surface area contributed by atoms with Gasteiger partial charge >= 0.3 is 0 Å². The first-order valence-electron chi connectivity index (χ1n) is 7.73. The van der Waals surface area contributed by atoms with Crippen LogP contribution in [0, 0.1) is 0 Å². The van der Waals surface area contributed by atoms with Crippen molar-refractivity contribution in [3.63, 3.8) is 0 Å². The smallest absolute Gasteiger partial charge is 0.245 e. The number of nitrogens with two attached hydrogens (primary N) is 1. The zero-order valence-electron chi connectivity index (χ0n) is 12.3. The Balaban J connectivity index is 1.63. The number of nitrogens with zero attached hydrogens (tertiary/aromatic N) is 4. The fourth-order valence-electron chi connectivity index (χ4n) is 3.48. The van der Waals surface area contributed by atoms with Gasteiger partial charge in [0.15, 0.2) is 0 Å². The lowest BCUT2D eigenvalue weighted by Crippen LogP contribution is -2.46. The largest absolute Gasteiger partial charge is 0.344 e. The Hall–Kier alpha value is -1.73. The van der Waals surface area contributed by atoms with Crippen LogP contribution in [0.15, 0.2) is 17.8 Å². The number of carbonyl (C=O) groups is 1. The van der Waals surface area contributed by atoms with Gasteiger partial charge in [0.05, 0.1) is 5.39 Å². The van der Waals surface area contributed by atoms with Crippen molar-refractivity contribution in [2.45, 2.75) is 31.3 Å². The van der Waals surface area contributed by atoms with Gasteiger partial charge in [-0.1, -0.05) is 0 Å². The van der Waals surface area contributed by atoms with Crippen molar-refractivity contribution >= 4 is 33.3 Å². The molecule has 2 fully saturated rings. The van der Waals surface area contributed by atoms with Gasteiger partial charge in [-0.2, -0.15) is 0 Å². The summed E-state index contributed by atoms with van der Waals surface area (Å²) in [6.45, 7) is 2.33. The minimum Gasteiger partial charge on any atom is -0.344 e. The van der Waals surface area contributed by atoms with Crippen LogP contribution in [0.1, 0.15) is 19.3 Å². The predicted molar refractivity (Wildman–Crippen MR) is 87.0 cm³/mol. The van der Waals surface area contributed by atoms with Gasteiger partial charge in [-0.05, 0) is 30.7 Å². The van der Waals surface area contributed by atoms with Crippen LogP contribution in [0.2, 0.25) is 0 Å². The molecule has 0 aliphatic carbocycles. The molecule has 2 aromatic heterocycles. The van der Waals surface area contributed by atoms with Crippen LogP contribution in [0.25, 0.3) is 10.2 Å². The second-order valence-electron chi connectivity index (χ2n) is 6.02. The van der Waals surface area contributed by atoms with Crippen molar-refractivity contribution in [3.8, 4) is 0 Å². The molecule has 22 heavy (non-hydrogen) atoms. The van der Waals surface area contributed by atoms with Crippen molar-refractivity contribution in [3.05, 3.63) is 17.8 Å². The first kappa shape index (κ1) is 13.9. The van der Waals surface area contributed by atoms with Gasteiger partial charge in [-0.3, -0.25) is 4.79 Å². The zero-order chi connectivity index (χ0) is 15.1. The molecule has 2 saturated heterocycles. The maximum Gasteiger partial charge on any atom is 0.245 e. The SMILES string of the molecule is N[C@@H]1CCN(C(=O)C2CCCN2c2ncnc3sccc23)C1. The fourth-order valence-corrected chi connectivity index (χ4v) is 4.21. The Kier molecular flexibility index (Phi) is 3.46. The lowest BCUT2D eigenvalue weighted by molar-refractivity contribution is -0.131. The first-order chi connectivity index (χ1) is 10.7. The fraction of sp³-hybridized carbons (Fsp3) is 0.533. The summed E-state index contributed by atoms with van der Waals surface area (Å²) in [5, 5.41) is 3.07. The molecule has 2 aliphatic heterocycles. The standard InChI is InChI=1S/C15H19N5OS/c16-10-3-6-19(8-10)15(21)12-2-1-5-20(12)13-11-4-7-22-14(11)18-9-17-13/h4,7,9-10,12H,1-3,5-6,8,16H2/t10-,12?/m1/s1. The van der Waals surface area contributed by atoms with Crippen LogP contribution in [-0.2, 0) is 4.79 Å². The van der Waals surface area contributed by atoms with Gasteiger partial charge < -0.3 is 15.5 Å². The first-order valence-corrected chi connectivity index (χ1v) is 8.61.